The number of benzene rings is 2. The maximum absolute atomic E-state index is 13.4. The fourth-order valence-electron chi connectivity index (χ4n) is 2.01. The van der Waals surface area contributed by atoms with Gasteiger partial charge in [-0.25, -0.2) is 18.0 Å². The number of aryl methyl sites for hydroxylation is 1. The first-order chi connectivity index (χ1) is 12.2. The molecule has 0 radical (unpaired) electrons. The van der Waals surface area contributed by atoms with Crippen LogP contribution in [-0.4, -0.2) is 23.4 Å². The van der Waals surface area contributed by atoms with E-state index in [-0.39, 0.29) is 16.8 Å². The zero-order valence-corrected chi connectivity index (χ0v) is 13.2. The van der Waals surface area contributed by atoms with Gasteiger partial charge >= 0.3 is 5.97 Å². The molecule has 10 heteroatoms. The van der Waals surface area contributed by atoms with E-state index in [0.717, 1.165) is 18.2 Å². The number of rotatable bonds is 5. The molecule has 1 amide bonds. The Hall–Kier alpha value is -3.43. The van der Waals surface area contributed by atoms with Crippen molar-refractivity contribution < 1.29 is 32.4 Å². The second-order valence-electron chi connectivity index (χ2n) is 5.11. The largest absolute Gasteiger partial charge is 0.452 e. The summed E-state index contributed by atoms with van der Waals surface area (Å²) in [6, 6.07) is 4.92. The highest BCUT2D eigenvalue weighted by Crippen LogP contribution is 2.20. The lowest BCUT2D eigenvalue weighted by atomic mass is 10.1. The monoisotopic (exact) mass is 368 g/mol. The van der Waals surface area contributed by atoms with Crippen LogP contribution in [0.3, 0.4) is 0 Å². The third-order valence-electron chi connectivity index (χ3n) is 3.27. The maximum atomic E-state index is 13.4. The summed E-state index contributed by atoms with van der Waals surface area (Å²) < 4.78 is 44.0. The van der Waals surface area contributed by atoms with Crippen LogP contribution < -0.4 is 5.32 Å². The molecule has 0 atom stereocenters. The van der Waals surface area contributed by atoms with Crippen molar-refractivity contribution in [3.05, 3.63) is 69.0 Å². The minimum atomic E-state index is -1.75. The molecule has 0 aromatic heterocycles. The Labute approximate surface area is 144 Å². The van der Waals surface area contributed by atoms with E-state index in [2.05, 4.69) is 0 Å². The fraction of sp³-hybridized carbons (Fsp3) is 0.125. The quantitative estimate of drug-likeness (QED) is 0.378. The van der Waals surface area contributed by atoms with E-state index in [1.807, 2.05) is 5.32 Å². The van der Waals surface area contributed by atoms with Crippen LogP contribution in [0.4, 0.5) is 24.5 Å². The van der Waals surface area contributed by atoms with E-state index in [4.69, 9.17) is 4.74 Å². The van der Waals surface area contributed by atoms with Gasteiger partial charge in [-0.2, -0.15) is 0 Å². The summed E-state index contributed by atoms with van der Waals surface area (Å²) >= 11 is 0. The van der Waals surface area contributed by atoms with Gasteiger partial charge in [0.15, 0.2) is 24.1 Å². The molecule has 0 bridgehead atoms. The molecule has 0 aliphatic heterocycles. The molecule has 2 aromatic carbocycles. The van der Waals surface area contributed by atoms with Gasteiger partial charge in [0.2, 0.25) is 0 Å². The molecule has 0 fully saturated rings. The van der Waals surface area contributed by atoms with Gasteiger partial charge in [0.05, 0.1) is 16.2 Å². The first kappa shape index (κ1) is 18.9. The van der Waals surface area contributed by atoms with Gasteiger partial charge in [-0.05, 0) is 31.2 Å². The lowest BCUT2D eigenvalue weighted by Crippen LogP contribution is -2.21. The Balaban J connectivity index is 1.99. The van der Waals surface area contributed by atoms with E-state index in [0.29, 0.717) is 6.07 Å². The van der Waals surface area contributed by atoms with Crippen LogP contribution in [0.15, 0.2) is 30.3 Å². The van der Waals surface area contributed by atoms with Crippen molar-refractivity contribution in [3.63, 3.8) is 0 Å². The normalized spacial score (nSPS) is 10.3. The maximum Gasteiger partial charge on any atom is 0.338 e. The Morgan fingerprint density at radius 1 is 1.15 bits per heavy atom. The second-order valence-corrected chi connectivity index (χ2v) is 5.11. The van der Waals surface area contributed by atoms with Gasteiger partial charge in [-0.1, -0.05) is 0 Å². The standard InChI is InChI=1S/C16H11F3N2O5/c1-8-6-9(2-5-12(8)21(24)25)16(23)26-7-13(22)20-11-4-3-10(17)14(18)15(11)19/h2-6H,7H2,1H3,(H,20,22). The van der Waals surface area contributed by atoms with Crippen LogP contribution in [0.5, 0.6) is 0 Å². The van der Waals surface area contributed by atoms with E-state index in [9.17, 15) is 32.9 Å². The van der Waals surface area contributed by atoms with Crippen molar-refractivity contribution in [2.75, 3.05) is 11.9 Å². The zero-order valence-electron chi connectivity index (χ0n) is 13.2. The van der Waals surface area contributed by atoms with Crippen molar-refractivity contribution >= 4 is 23.3 Å². The number of hydrogen-bond acceptors (Lipinski definition) is 5. The van der Waals surface area contributed by atoms with Gasteiger partial charge in [0, 0.05) is 11.6 Å². The van der Waals surface area contributed by atoms with Crippen molar-refractivity contribution in [1.82, 2.24) is 0 Å². The van der Waals surface area contributed by atoms with Gasteiger partial charge in [-0.15, -0.1) is 0 Å². The number of esters is 1. The van der Waals surface area contributed by atoms with Gasteiger partial charge < -0.3 is 10.1 Å². The molecule has 0 spiro atoms. The molecule has 1 N–H and O–H groups in total. The van der Waals surface area contributed by atoms with Gasteiger partial charge in [-0.3, -0.25) is 14.9 Å². The van der Waals surface area contributed by atoms with Crippen LogP contribution in [0.1, 0.15) is 15.9 Å². The van der Waals surface area contributed by atoms with Crippen molar-refractivity contribution in [1.29, 1.82) is 0 Å². The van der Waals surface area contributed by atoms with Crippen LogP contribution >= 0.6 is 0 Å². The average Bonchev–Trinajstić information content (AvgIpc) is 2.59. The summed E-state index contributed by atoms with van der Waals surface area (Å²) in [7, 11) is 0. The number of halogens is 3. The molecule has 2 rings (SSSR count). The predicted molar refractivity (Wildman–Crippen MR) is 83.1 cm³/mol. The van der Waals surface area contributed by atoms with Crippen LogP contribution in [0.2, 0.25) is 0 Å². The highest BCUT2D eigenvalue weighted by molar-refractivity contribution is 5.95. The molecule has 0 unspecified atom stereocenters. The fourth-order valence-corrected chi connectivity index (χ4v) is 2.01. The average molecular weight is 368 g/mol. The van der Waals surface area contributed by atoms with E-state index < -0.39 is 46.5 Å². The van der Waals surface area contributed by atoms with Crippen molar-refractivity contribution in [2.45, 2.75) is 6.92 Å². The third kappa shape index (κ3) is 4.15. The number of nitro groups is 1. The Morgan fingerprint density at radius 2 is 1.85 bits per heavy atom. The van der Waals surface area contributed by atoms with Crippen LogP contribution in [0, 0.1) is 34.5 Å². The number of carbonyl (C=O) groups is 2. The molecule has 0 aliphatic carbocycles. The number of nitrogens with zero attached hydrogens (tertiary/aromatic N) is 1. The van der Waals surface area contributed by atoms with E-state index >= 15 is 0 Å². The molecule has 0 aliphatic rings. The smallest absolute Gasteiger partial charge is 0.338 e. The number of ether oxygens (including phenoxy) is 1. The summed E-state index contributed by atoms with van der Waals surface area (Å²) in [5.41, 5.74) is -0.609. The SMILES string of the molecule is Cc1cc(C(=O)OCC(=O)Nc2ccc(F)c(F)c2F)ccc1[N+](=O)[O-]. The molecule has 0 saturated heterocycles. The summed E-state index contributed by atoms with van der Waals surface area (Å²) in [4.78, 5) is 33.6. The van der Waals surface area contributed by atoms with Crippen LogP contribution in [-0.2, 0) is 9.53 Å². The molecule has 26 heavy (non-hydrogen) atoms. The molecule has 7 nitrogen and oxygen atoms in total. The number of amides is 1. The molecule has 0 heterocycles. The third-order valence-corrected chi connectivity index (χ3v) is 3.27. The Morgan fingerprint density at radius 3 is 2.46 bits per heavy atom. The van der Waals surface area contributed by atoms with Gasteiger partial charge in [0.1, 0.15) is 0 Å². The summed E-state index contributed by atoms with van der Waals surface area (Å²) in [6.45, 7) is 0.598. The number of anilines is 1. The molecule has 0 saturated carbocycles. The minimum absolute atomic E-state index is 0.0279. The molecular formula is C16H11F3N2O5. The van der Waals surface area contributed by atoms with E-state index in [1.165, 1.54) is 13.0 Å². The van der Waals surface area contributed by atoms with Crippen molar-refractivity contribution in [2.24, 2.45) is 0 Å². The number of nitrogens with one attached hydrogen (secondary N) is 1. The molecular weight excluding hydrogens is 357 g/mol. The van der Waals surface area contributed by atoms with E-state index in [1.54, 1.807) is 0 Å². The topological polar surface area (TPSA) is 98.5 Å². The lowest BCUT2D eigenvalue weighted by Gasteiger charge is -2.08. The first-order valence-electron chi connectivity index (χ1n) is 7.06. The minimum Gasteiger partial charge on any atom is -0.452 e. The highest BCUT2D eigenvalue weighted by Gasteiger charge is 2.18. The highest BCUT2D eigenvalue weighted by atomic mass is 19.2. The van der Waals surface area contributed by atoms with Gasteiger partial charge in [0.25, 0.3) is 11.6 Å². The zero-order chi connectivity index (χ0) is 19.4. The molecule has 2 aromatic rings. The summed E-state index contributed by atoms with van der Waals surface area (Å²) in [6.07, 6.45) is 0. The first-order valence-corrected chi connectivity index (χ1v) is 7.06. The van der Waals surface area contributed by atoms with Crippen LogP contribution in [0.25, 0.3) is 0 Å². The number of hydrogen-bond donors (Lipinski definition) is 1. The summed E-state index contributed by atoms with van der Waals surface area (Å²) in [5.74, 6) is -6.68. The second kappa shape index (κ2) is 7.64. The number of carbonyl (C=O) groups excluding carboxylic acids is 2. The summed E-state index contributed by atoms with van der Waals surface area (Å²) in [5, 5.41) is 12.7. The number of nitro benzene ring substituents is 1. The predicted octanol–water partition coefficient (Wildman–Crippen LogP) is 3.12. The molecule has 136 valence electrons. The Bertz CT molecular complexity index is 902. The Kier molecular flexibility index (Phi) is 5.55. The lowest BCUT2D eigenvalue weighted by molar-refractivity contribution is -0.385. The van der Waals surface area contributed by atoms with Crippen molar-refractivity contribution in [3.8, 4) is 0 Å².